The molecule has 2 aromatic heterocycles. The third-order valence-electron chi connectivity index (χ3n) is 3.82. The van der Waals surface area contributed by atoms with Gasteiger partial charge in [-0.2, -0.15) is 4.99 Å². The highest BCUT2D eigenvalue weighted by molar-refractivity contribution is 7.07. The second-order valence-electron chi connectivity index (χ2n) is 5.60. The number of aromatic nitrogens is 3. The zero-order chi connectivity index (χ0) is 17.1. The van der Waals surface area contributed by atoms with Crippen LogP contribution >= 0.6 is 11.3 Å². The molecule has 5 heteroatoms. The van der Waals surface area contributed by atoms with Gasteiger partial charge in [0, 0.05) is 23.5 Å². The minimum atomic E-state index is 0.462. The van der Waals surface area contributed by atoms with Gasteiger partial charge in [-0.05, 0) is 30.7 Å². The van der Waals surface area contributed by atoms with Crippen LogP contribution < -0.4 is 4.80 Å². The van der Waals surface area contributed by atoms with Crippen molar-refractivity contribution < 1.29 is 0 Å². The van der Waals surface area contributed by atoms with E-state index >= 15 is 0 Å². The summed E-state index contributed by atoms with van der Waals surface area (Å²) in [4.78, 5) is 13.9. The van der Waals surface area contributed by atoms with Crippen LogP contribution in [0.15, 0.2) is 83.4 Å². The Hall–Kier alpha value is -3.05. The highest BCUT2D eigenvalue weighted by atomic mass is 32.1. The first-order chi connectivity index (χ1) is 12.3. The zero-order valence-corrected chi connectivity index (χ0v) is 14.5. The van der Waals surface area contributed by atoms with Gasteiger partial charge in [0.25, 0.3) is 5.95 Å². The predicted octanol–water partition coefficient (Wildman–Crippen LogP) is 4.54. The summed E-state index contributed by atoms with van der Waals surface area (Å²) < 4.78 is 2.14. The average Bonchev–Trinajstić information content (AvgIpc) is 3.07. The van der Waals surface area contributed by atoms with E-state index in [0.29, 0.717) is 5.95 Å². The van der Waals surface area contributed by atoms with Crippen LogP contribution in [0.5, 0.6) is 0 Å². The molecule has 4 nitrogen and oxygen atoms in total. The van der Waals surface area contributed by atoms with Crippen LogP contribution in [0, 0.1) is 6.92 Å². The topological polar surface area (TPSA) is 43.1 Å². The summed E-state index contributed by atoms with van der Waals surface area (Å²) in [5.41, 5.74) is 4.56. The molecule has 0 aliphatic rings. The van der Waals surface area contributed by atoms with Crippen molar-refractivity contribution in [2.75, 3.05) is 0 Å². The first kappa shape index (κ1) is 15.5. The van der Waals surface area contributed by atoms with E-state index in [0.717, 1.165) is 21.7 Å². The molecule has 0 bridgehead atoms. The Balaban J connectivity index is 1.94. The molecule has 2 heterocycles. The lowest BCUT2D eigenvalue weighted by atomic mass is 10.1. The van der Waals surface area contributed by atoms with Crippen LogP contribution in [-0.2, 0) is 0 Å². The largest absolute Gasteiger partial charge is 0.285 e. The van der Waals surface area contributed by atoms with Crippen LogP contribution in [0.3, 0.4) is 0 Å². The SMILES string of the molecule is Cc1ccc(-c2cs/c(=N\c3ncccn3)n2-c2ccccc2)cc1. The quantitative estimate of drug-likeness (QED) is 0.548. The minimum absolute atomic E-state index is 0.462. The summed E-state index contributed by atoms with van der Waals surface area (Å²) in [6, 6.07) is 20.5. The van der Waals surface area contributed by atoms with E-state index in [4.69, 9.17) is 0 Å². The Morgan fingerprint density at radius 3 is 2.32 bits per heavy atom. The van der Waals surface area contributed by atoms with Crippen LogP contribution in [0.1, 0.15) is 5.56 Å². The number of nitrogens with zero attached hydrogens (tertiary/aromatic N) is 4. The summed E-state index contributed by atoms with van der Waals surface area (Å²) in [5.74, 6) is 0.462. The summed E-state index contributed by atoms with van der Waals surface area (Å²) in [5, 5.41) is 2.12. The van der Waals surface area contributed by atoms with Crippen molar-refractivity contribution in [2.24, 2.45) is 4.99 Å². The normalized spacial score (nSPS) is 11.6. The predicted molar refractivity (Wildman–Crippen MR) is 101 cm³/mol. The lowest BCUT2D eigenvalue weighted by Crippen LogP contribution is -2.13. The van der Waals surface area contributed by atoms with Gasteiger partial charge in [-0.3, -0.25) is 4.57 Å². The Bertz CT molecular complexity index is 1030. The third kappa shape index (κ3) is 3.27. The number of hydrogen-bond donors (Lipinski definition) is 0. The molecule has 0 fully saturated rings. The fourth-order valence-corrected chi connectivity index (χ4v) is 3.48. The van der Waals surface area contributed by atoms with Crippen molar-refractivity contribution in [2.45, 2.75) is 6.92 Å². The first-order valence-electron chi connectivity index (χ1n) is 7.96. The van der Waals surface area contributed by atoms with E-state index in [9.17, 15) is 0 Å². The molecular formula is C20H16N4S. The van der Waals surface area contributed by atoms with Crippen molar-refractivity contribution in [3.8, 4) is 16.9 Å². The molecule has 0 amide bonds. The molecule has 122 valence electrons. The molecule has 4 aromatic rings. The number of benzene rings is 2. The van der Waals surface area contributed by atoms with E-state index in [2.05, 4.69) is 68.2 Å². The highest BCUT2D eigenvalue weighted by Crippen LogP contribution is 2.24. The molecular weight excluding hydrogens is 328 g/mol. The lowest BCUT2D eigenvalue weighted by molar-refractivity contribution is 0.988. The molecule has 0 radical (unpaired) electrons. The van der Waals surface area contributed by atoms with Crippen LogP contribution in [0.4, 0.5) is 5.95 Å². The Labute approximate surface area is 149 Å². The number of thiazole rings is 1. The highest BCUT2D eigenvalue weighted by Gasteiger charge is 2.10. The van der Waals surface area contributed by atoms with Crippen molar-refractivity contribution in [3.63, 3.8) is 0 Å². The van der Waals surface area contributed by atoms with Crippen molar-refractivity contribution in [3.05, 3.63) is 88.8 Å². The maximum atomic E-state index is 4.64. The molecule has 0 unspecified atom stereocenters. The van der Waals surface area contributed by atoms with E-state index in [-0.39, 0.29) is 0 Å². The van der Waals surface area contributed by atoms with Gasteiger partial charge in [-0.25, -0.2) is 9.97 Å². The van der Waals surface area contributed by atoms with Gasteiger partial charge in [0.05, 0.1) is 5.69 Å². The maximum absolute atomic E-state index is 4.64. The zero-order valence-electron chi connectivity index (χ0n) is 13.7. The van der Waals surface area contributed by atoms with Crippen LogP contribution in [0.2, 0.25) is 0 Å². The van der Waals surface area contributed by atoms with Gasteiger partial charge in [0.1, 0.15) is 0 Å². The van der Waals surface area contributed by atoms with Crippen molar-refractivity contribution >= 4 is 17.3 Å². The number of aryl methyl sites for hydroxylation is 1. The summed E-state index contributed by atoms with van der Waals surface area (Å²) in [6.45, 7) is 2.09. The number of para-hydroxylation sites is 1. The van der Waals surface area contributed by atoms with Crippen molar-refractivity contribution in [1.29, 1.82) is 0 Å². The fraction of sp³-hybridized carbons (Fsp3) is 0.0500. The third-order valence-corrected chi connectivity index (χ3v) is 4.64. The summed E-state index contributed by atoms with van der Waals surface area (Å²) in [7, 11) is 0. The van der Waals surface area contributed by atoms with Gasteiger partial charge >= 0.3 is 0 Å². The van der Waals surface area contributed by atoms with E-state index in [1.165, 1.54) is 5.56 Å². The molecule has 4 rings (SSSR count). The molecule has 2 aromatic carbocycles. The standard InChI is InChI=1S/C20H16N4S/c1-15-8-10-16(11-9-15)18-14-25-20(23-19-21-12-5-13-22-19)24(18)17-6-3-2-4-7-17/h2-14H,1H3/b23-20-. The molecule has 0 aliphatic heterocycles. The Kier molecular flexibility index (Phi) is 4.23. The molecule has 0 atom stereocenters. The molecule has 0 saturated carbocycles. The van der Waals surface area contributed by atoms with Gasteiger partial charge in [0.15, 0.2) is 4.80 Å². The molecule has 0 N–H and O–H groups in total. The van der Waals surface area contributed by atoms with E-state index < -0.39 is 0 Å². The van der Waals surface area contributed by atoms with E-state index in [1.54, 1.807) is 29.8 Å². The maximum Gasteiger partial charge on any atom is 0.251 e. The van der Waals surface area contributed by atoms with Gasteiger partial charge in [-0.15, -0.1) is 11.3 Å². The Morgan fingerprint density at radius 1 is 0.880 bits per heavy atom. The molecule has 0 saturated heterocycles. The molecule has 25 heavy (non-hydrogen) atoms. The smallest absolute Gasteiger partial charge is 0.251 e. The van der Waals surface area contributed by atoms with Crippen LogP contribution in [-0.4, -0.2) is 14.5 Å². The monoisotopic (exact) mass is 344 g/mol. The summed E-state index contributed by atoms with van der Waals surface area (Å²) >= 11 is 1.58. The number of rotatable bonds is 3. The average molecular weight is 344 g/mol. The number of hydrogen-bond acceptors (Lipinski definition) is 4. The van der Waals surface area contributed by atoms with Crippen LogP contribution in [0.25, 0.3) is 16.9 Å². The minimum Gasteiger partial charge on any atom is -0.285 e. The lowest BCUT2D eigenvalue weighted by Gasteiger charge is -2.09. The summed E-state index contributed by atoms with van der Waals surface area (Å²) in [6.07, 6.45) is 3.40. The second-order valence-corrected chi connectivity index (χ2v) is 6.44. The second kappa shape index (κ2) is 6.83. The van der Waals surface area contributed by atoms with Gasteiger partial charge in [-0.1, -0.05) is 48.0 Å². The first-order valence-corrected chi connectivity index (χ1v) is 8.84. The van der Waals surface area contributed by atoms with Gasteiger partial charge in [0.2, 0.25) is 0 Å². The van der Waals surface area contributed by atoms with Gasteiger partial charge < -0.3 is 0 Å². The molecule has 0 aliphatic carbocycles. The molecule has 0 spiro atoms. The fourth-order valence-electron chi connectivity index (χ4n) is 2.58. The Morgan fingerprint density at radius 2 is 1.60 bits per heavy atom. The van der Waals surface area contributed by atoms with E-state index in [1.807, 2.05) is 18.2 Å². The van der Waals surface area contributed by atoms with Crippen molar-refractivity contribution in [1.82, 2.24) is 14.5 Å².